The van der Waals surface area contributed by atoms with Crippen molar-refractivity contribution < 1.29 is 36.6 Å². The molecule has 1 saturated heterocycles. The van der Waals surface area contributed by atoms with Gasteiger partial charge in [-0.25, -0.2) is 8.78 Å². The summed E-state index contributed by atoms with van der Waals surface area (Å²) >= 11 is 6.04. The predicted molar refractivity (Wildman–Crippen MR) is 131 cm³/mol. The number of rotatable bonds is 7. The highest BCUT2D eigenvalue weighted by Crippen LogP contribution is 2.36. The fourth-order valence-electron chi connectivity index (χ4n) is 4.09. The van der Waals surface area contributed by atoms with E-state index in [2.05, 4.69) is 5.32 Å². The van der Waals surface area contributed by atoms with Crippen LogP contribution < -0.4 is 5.32 Å². The normalized spacial score (nSPS) is 13.8. The lowest BCUT2D eigenvalue weighted by Gasteiger charge is -2.38. The Hall–Kier alpha value is -3.70. The highest BCUT2D eigenvalue weighted by atomic mass is 35.5. The molecule has 3 N–H and O–H groups in total. The standard InChI is InChI=1S/C26H21ClF5N3O3/c1-38-15-11-35(12-15)25(37)13-7-21(29)23(24(33)16-9-14(36)5-6-20(16)28)22(8-13)34-10-17-18(26(30,31)32)3-2-4-19(17)27/h2-9,15,33-34,36H,10-12H2,1H3. The van der Waals surface area contributed by atoms with Gasteiger partial charge in [0.15, 0.2) is 0 Å². The minimum absolute atomic E-state index is 0.136. The third-order valence-electron chi connectivity index (χ3n) is 6.15. The smallest absolute Gasteiger partial charge is 0.416 e. The number of likely N-dealkylation sites (tertiary alicyclic amines) is 1. The summed E-state index contributed by atoms with van der Waals surface area (Å²) in [6.45, 7) is -0.0232. The number of anilines is 1. The zero-order valence-electron chi connectivity index (χ0n) is 19.8. The number of hydrogen-bond acceptors (Lipinski definition) is 5. The molecule has 38 heavy (non-hydrogen) atoms. The van der Waals surface area contributed by atoms with Crippen LogP contribution in [0.2, 0.25) is 5.02 Å². The summed E-state index contributed by atoms with van der Waals surface area (Å²) in [6.07, 6.45) is -4.91. The van der Waals surface area contributed by atoms with Crippen LogP contribution in [0.15, 0.2) is 48.5 Å². The number of hydrogen-bond donors (Lipinski definition) is 3. The van der Waals surface area contributed by atoms with E-state index in [4.69, 9.17) is 21.7 Å². The van der Waals surface area contributed by atoms with Crippen LogP contribution in [0.4, 0.5) is 27.6 Å². The molecule has 12 heteroatoms. The summed E-state index contributed by atoms with van der Waals surface area (Å²) in [6, 6.07) is 8.13. The fraction of sp³-hybridized carbons (Fsp3) is 0.231. The van der Waals surface area contributed by atoms with Gasteiger partial charge < -0.3 is 20.1 Å². The van der Waals surface area contributed by atoms with Crippen LogP contribution in [0.25, 0.3) is 0 Å². The fourth-order valence-corrected chi connectivity index (χ4v) is 4.33. The van der Waals surface area contributed by atoms with E-state index in [-0.39, 0.29) is 46.8 Å². The van der Waals surface area contributed by atoms with Crippen LogP contribution in [-0.2, 0) is 17.5 Å². The molecule has 0 unspecified atom stereocenters. The maximum absolute atomic E-state index is 15.5. The van der Waals surface area contributed by atoms with Crippen LogP contribution in [-0.4, -0.2) is 47.9 Å². The van der Waals surface area contributed by atoms with Crippen LogP contribution in [0, 0.1) is 17.0 Å². The molecule has 4 rings (SSSR count). The quantitative estimate of drug-likeness (QED) is 0.253. The number of halogens is 6. The van der Waals surface area contributed by atoms with Gasteiger partial charge >= 0.3 is 6.18 Å². The number of nitrogens with one attached hydrogen (secondary N) is 2. The maximum Gasteiger partial charge on any atom is 0.416 e. The molecule has 1 heterocycles. The molecule has 200 valence electrons. The number of amides is 1. The molecule has 0 spiro atoms. The van der Waals surface area contributed by atoms with E-state index in [9.17, 15) is 27.5 Å². The average molecular weight is 554 g/mol. The largest absolute Gasteiger partial charge is 0.508 e. The van der Waals surface area contributed by atoms with Crippen LogP contribution in [0.3, 0.4) is 0 Å². The highest BCUT2D eigenvalue weighted by molar-refractivity contribution is 6.31. The Kier molecular flexibility index (Phi) is 7.61. The topological polar surface area (TPSA) is 85.7 Å². The third kappa shape index (κ3) is 5.44. The number of carbonyl (C=O) groups excluding carboxylic acids is 1. The van der Waals surface area contributed by atoms with Gasteiger partial charge in [-0.15, -0.1) is 0 Å². The molecular weight excluding hydrogens is 533 g/mol. The van der Waals surface area contributed by atoms with E-state index in [1.165, 1.54) is 24.1 Å². The molecule has 3 aromatic rings. The number of nitrogens with zero attached hydrogens (tertiary/aromatic N) is 1. The van der Waals surface area contributed by atoms with Crippen LogP contribution >= 0.6 is 11.6 Å². The number of aromatic hydroxyl groups is 1. The van der Waals surface area contributed by atoms with Gasteiger partial charge in [-0.05, 0) is 42.5 Å². The van der Waals surface area contributed by atoms with Crippen molar-refractivity contribution in [3.05, 3.63) is 93.0 Å². The Morgan fingerprint density at radius 2 is 1.87 bits per heavy atom. The number of carbonyl (C=O) groups is 1. The van der Waals surface area contributed by atoms with Crippen molar-refractivity contribution in [1.82, 2.24) is 4.90 Å². The molecule has 0 atom stereocenters. The summed E-state index contributed by atoms with van der Waals surface area (Å²) in [5.41, 5.74) is -3.40. The van der Waals surface area contributed by atoms with Crippen molar-refractivity contribution in [2.24, 2.45) is 0 Å². The monoisotopic (exact) mass is 553 g/mol. The third-order valence-corrected chi connectivity index (χ3v) is 6.51. The maximum atomic E-state index is 15.5. The minimum atomic E-state index is -4.74. The predicted octanol–water partition coefficient (Wildman–Crippen LogP) is 5.84. The number of methoxy groups -OCH3 is 1. The van der Waals surface area contributed by atoms with Gasteiger partial charge in [0.1, 0.15) is 17.4 Å². The number of ether oxygens (including phenoxy) is 1. The second-order valence-electron chi connectivity index (χ2n) is 8.60. The molecule has 0 radical (unpaired) electrons. The Balaban J connectivity index is 1.77. The van der Waals surface area contributed by atoms with Gasteiger partial charge in [0.05, 0.1) is 22.9 Å². The van der Waals surface area contributed by atoms with E-state index < -0.39 is 52.7 Å². The van der Waals surface area contributed by atoms with Gasteiger partial charge in [-0.1, -0.05) is 17.7 Å². The molecule has 1 aliphatic rings. The zero-order chi connectivity index (χ0) is 27.8. The first kappa shape index (κ1) is 27.3. The SMILES string of the molecule is COC1CN(C(=O)c2cc(F)c(C(=N)c3cc(O)ccc3F)c(NCc3c(Cl)cccc3C(F)(F)F)c2)C1. The number of phenols is 1. The van der Waals surface area contributed by atoms with E-state index in [0.717, 1.165) is 36.4 Å². The lowest BCUT2D eigenvalue weighted by molar-refractivity contribution is -0.138. The summed E-state index contributed by atoms with van der Waals surface area (Å²) < 4.78 is 75.9. The van der Waals surface area contributed by atoms with E-state index >= 15 is 4.39 Å². The Morgan fingerprint density at radius 3 is 2.53 bits per heavy atom. The molecule has 1 fully saturated rings. The van der Waals surface area contributed by atoms with Gasteiger partial charge in [-0.3, -0.25) is 10.2 Å². The first-order chi connectivity index (χ1) is 17.9. The molecule has 1 amide bonds. The molecular formula is C26H21ClF5N3O3. The van der Waals surface area contributed by atoms with Crippen molar-refractivity contribution in [3.8, 4) is 5.75 Å². The molecule has 0 saturated carbocycles. The summed E-state index contributed by atoms with van der Waals surface area (Å²) in [4.78, 5) is 14.3. The Labute approximate surface area is 219 Å². The van der Waals surface area contributed by atoms with Crippen molar-refractivity contribution in [1.29, 1.82) is 5.41 Å². The molecule has 0 aromatic heterocycles. The van der Waals surface area contributed by atoms with Crippen molar-refractivity contribution >= 4 is 28.9 Å². The number of benzene rings is 3. The highest BCUT2D eigenvalue weighted by Gasteiger charge is 2.35. The summed E-state index contributed by atoms with van der Waals surface area (Å²) in [5.74, 6) is -2.97. The van der Waals surface area contributed by atoms with Gasteiger partial charge in [0.2, 0.25) is 0 Å². The van der Waals surface area contributed by atoms with Crippen LogP contribution in [0.5, 0.6) is 5.75 Å². The second-order valence-corrected chi connectivity index (χ2v) is 9.01. The van der Waals surface area contributed by atoms with E-state index in [1.54, 1.807) is 0 Å². The van der Waals surface area contributed by atoms with Crippen molar-refractivity contribution in [3.63, 3.8) is 0 Å². The lowest BCUT2D eigenvalue weighted by Crippen LogP contribution is -2.54. The summed E-state index contributed by atoms with van der Waals surface area (Å²) in [5, 5.41) is 20.7. The van der Waals surface area contributed by atoms with Crippen molar-refractivity contribution in [2.45, 2.75) is 18.8 Å². The van der Waals surface area contributed by atoms with Crippen LogP contribution in [0.1, 0.15) is 32.6 Å². The minimum Gasteiger partial charge on any atom is -0.508 e. The Morgan fingerprint density at radius 1 is 1.16 bits per heavy atom. The van der Waals surface area contributed by atoms with E-state index in [1.807, 2.05) is 0 Å². The number of alkyl halides is 3. The van der Waals surface area contributed by atoms with Gasteiger partial charge in [0, 0.05) is 54.1 Å². The average Bonchev–Trinajstić information content (AvgIpc) is 2.82. The Bertz CT molecular complexity index is 1410. The van der Waals surface area contributed by atoms with Crippen molar-refractivity contribution in [2.75, 3.05) is 25.5 Å². The molecule has 3 aromatic carbocycles. The zero-order valence-corrected chi connectivity index (χ0v) is 20.6. The summed E-state index contributed by atoms with van der Waals surface area (Å²) in [7, 11) is 1.49. The lowest BCUT2D eigenvalue weighted by atomic mass is 9.96. The molecule has 0 bridgehead atoms. The van der Waals surface area contributed by atoms with E-state index in [0.29, 0.717) is 0 Å². The molecule has 0 aliphatic carbocycles. The molecule has 1 aliphatic heterocycles. The first-order valence-corrected chi connectivity index (χ1v) is 11.6. The number of phenolic OH excluding ortho intramolecular Hbond substituents is 1. The van der Waals surface area contributed by atoms with Gasteiger partial charge in [0.25, 0.3) is 5.91 Å². The first-order valence-electron chi connectivity index (χ1n) is 11.2. The molecule has 6 nitrogen and oxygen atoms in total. The second kappa shape index (κ2) is 10.6. The van der Waals surface area contributed by atoms with Gasteiger partial charge in [-0.2, -0.15) is 13.2 Å².